The average Bonchev–Trinajstić information content (AvgIpc) is 3.42. The molecule has 3 rings (SSSR count). The zero-order chi connectivity index (χ0) is 25.6. The highest BCUT2D eigenvalue weighted by Gasteiger charge is 2.46. The first-order chi connectivity index (χ1) is 16.6. The van der Waals surface area contributed by atoms with Crippen molar-refractivity contribution in [2.24, 2.45) is 17.8 Å². The number of carbonyl (C=O) groups excluding carboxylic acids is 1. The third kappa shape index (κ3) is 7.39. The fraction of sp³-hybridized carbons (Fsp3) is 0.778. The van der Waals surface area contributed by atoms with Crippen LogP contribution in [0.3, 0.4) is 0 Å². The van der Waals surface area contributed by atoms with Gasteiger partial charge in [-0.3, -0.25) is 0 Å². The fourth-order valence-corrected chi connectivity index (χ4v) is 6.90. The molecule has 1 aromatic rings. The summed E-state index contributed by atoms with van der Waals surface area (Å²) in [5, 5.41) is 10.2. The third-order valence-electron chi connectivity index (χ3n) is 8.11. The summed E-state index contributed by atoms with van der Waals surface area (Å²) in [6.07, 6.45) is 6.52. The molecule has 0 amide bonds. The number of ether oxygens (including phenoxy) is 3. The van der Waals surface area contributed by atoms with Gasteiger partial charge in [0.05, 0.1) is 25.2 Å². The third-order valence-corrected chi connectivity index (χ3v) is 13.7. The van der Waals surface area contributed by atoms with Crippen LogP contribution in [-0.4, -0.2) is 47.0 Å². The molecule has 0 spiro atoms. The molecule has 1 saturated carbocycles. The van der Waals surface area contributed by atoms with Crippen molar-refractivity contribution < 1.29 is 23.4 Å². The molecule has 1 saturated heterocycles. The molecule has 1 aromatic heterocycles. The van der Waals surface area contributed by atoms with Crippen molar-refractivity contribution in [3.8, 4) is 6.07 Å². The zero-order valence-corrected chi connectivity index (χ0v) is 24.1. The van der Waals surface area contributed by atoms with Crippen LogP contribution >= 0.6 is 11.3 Å². The second-order valence-electron chi connectivity index (χ2n) is 11.5. The van der Waals surface area contributed by atoms with Crippen LogP contribution in [0, 0.1) is 29.1 Å². The Bertz CT molecular complexity index is 868. The van der Waals surface area contributed by atoms with Gasteiger partial charge in [-0.25, -0.2) is 4.79 Å². The van der Waals surface area contributed by atoms with E-state index in [1.807, 2.05) is 12.1 Å². The number of hydrogen-bond acceptors (Lipinski definition) is 7. The van der Waals surface area contributed by atoms with E-state index in [1.54, 1.807) is 0 Å². The van der Waals surface area contributed by atoms with E-state index in [9.17, 15) is 10.1 Å². The number of nitriles is 1. The number of methoxy groups -OCH3 is 1. The number of esters is 1. The van der Waals surface area contributed by atoms with E-state index in [0.29, 0.717) is 11.5 Å². The van der Waals surface area contributed by atoms with Gasteiger partial charge in [0, 0.05) is 24.0 Å². The predicted molar refractivity (Wildman–Crippen MR) is 141 cm³/mol. The molecule has 0 N–H and O–H groups in total. The molecule has 2 heterocycles. The molecule has 1 aliphatic carbocycles. The lowest BCUT2D eigenvalue weighted by molar-refractivity contribution is -0.197. The molecule has 5 atom stereocenters. The van der Waals surface area contributed by atoms with Crippen molar-refractivity contribution in [1.29, 1.82) is 5.26 Å². The Hall–Kier alpha value is -1.24. The number of nitrogens with zero attached hydrogens (tertiary/aromatic N) is 1. The molecular weight excluding hydrogens is 478 g/mol. The van der Waals surface area contributed by atoms with E-state index in [0.717, 1.165) is 51.6 Å². The smallest absolute Gasteiger partial charge is 0.348 e. The quantitative estimate of drug-likeness (QED) is 0.256. The Morgan fingerprint density at radius 1 is 1.26 bits per heavy atom. The maximum atomic E-state index is 11.8. The monoisotopic (exact) mass is 521 g/mol. The van der Waals surface area contributed by atoms with Crippen LogP contribution in [0.25, 0.3) is 0 Å². The second kappa shape index (κ2) is 12.3. The summed E-state index contributed by atoms with van der Waals surface area (Å²) in [7, 11) is -0.514. The van der Waals surface area contributed by atoms with Crippen LogP contribution in [0.15, 0.2) is 12.1 Å². The summed E-state index contributed by atoms with van der Waals surface area (Å²) in [6.45, 7) is 12.7. The lowest BCUT2D eigenvalue weighted by atomic mass is 9.85. The molecule has 35 heavy (non-hydrogen) atoms. The number of thiophene rings is 1. The van der Waals surface area contributed by atoms with Gasteiger partial charge in [0.1, 0.15) is 4.88 Å². The molecule has 8 heteroatoms. The SMILES string of the molecule is COC(=O)c1ccc(CCC[C@@H]2[C@@H](CO[Si](C)(C)C(C)(C)C)[C@H](OC3CCCCO3)C[C@H]2C#N)s1. The largest absolute Gasteiger partial charge is 0.465 e. The van der Waals surface area contributed by atoms with E-state index in [4.69, 9.17) is 18.6 Å². The summed E-state index contributed by atoms with van der Waals surface area (Å²) in [5.41, 5.74) is 0. The van der Waals surface area contributed by atoms with E-state index in [-0.39, 0.29) is 41.2 Å². The molecule has 1 unspecified atom stereocenters. The minimum Gasteiger partial charge on any atom is -0.465 e. The Balaban J connectivity index is 1.69. The summed E-state index contributed by atoms with van der Waals surface area (Å²) in [4.78, 5) is 13.6. The number of rotatable bonds is 10. The predicted octanol–water partition coefficient (Wildman–Crippen LogP) is 6.57. The normalized spacial score (nSPS) is 27.5. The van der Waals surface area contributed by atoms with Crippen molar-refractivity contribution in [2.75, 3.05) is 20.3 Å². The minimum atomic E-state index is -1.92. The second-order valence-corrected chi connectivity index (χ2v) is 17.5. The Morgan fingerprint density at radius 2 is 2.03 bits per heavy atom. The van der Waals surface area contributed by atoms with Gasteiger partial charge in [-0.2, -0.15) is 5.26 Å². The van der Waals surface area contributed by atoms with Gasteiger partial charge in [0.25, 0.3) is 0 Å². The Kier molecular flexibility index (Phi) is 9.98. The summed E-state index contributed by atoms with van der Waals surface area (Å²) < 4.78 is 23.9. The van der Waals surface area contributed by atoms with Crippen LogP contribution < -0.4 is 0 Å². The lowest BCUT2D eigenvalue weighted by Crippen LogP contribution is -2.44. The lowest BCUT2D eigenvalue weighted by Gasteiger charge is -2.39. The van der Waals surface area contributed by atoms with Crippen LogP contribution in [0.5, 0.6) is 0 Å². The molecule has 0 bridgehead atoms. The first kappa shape index (κ1) is 28.3. The van der Waals surface area contributed by atoms with Crippen molar-refractivity contribution in [2.45, 2.75) is 96.2 Å². The van der Waals surface area contributed by atoms with E-state index < -0.39 is 8.32 Å². The van der Waals surface area contributed by atoms with Gasteiger partial charge in [0.15, 0.2) is 14.6 Å². The fourth-order valence-electron chi connectivity index (χ4n) is 4.89. The Labute approximate surface area is 216 Å². The van der Waals surface area contributed by atoms with Crippen LogP contribution in [0.4, 0.5) is 0 Å². The van der Waals surface area contributed by atoms with Crippen molar-refractivity contribution in [1.82, 2.24) is 0 Å². The molecule has 6 nitrogen and oxygen atoms in total. The Morgan fingerprint density at radius 3 is 2.66 bits per heavy atom. The molecule has 0 radical (unpaired) electrons. The number of hydrogen-bond donors (Lipinski definition) is 0. The van der Waals surface area contributed by atoms with Crippen molar-refractivity contribution in [3.05, 3.63) is 21.9 Å². The van der Waals surface area contributed by atoms with Crippen molar-refractivity contribution >= 4 is 25.6 Å². The van der Waals surface area contributed by atoms with E-state index in [2.05, 4.69) is 39.9 Å². The van der Waals surface area contributed by atoms with Crippen molar-refractivity contribution in [3.63, 3.8) is 0 Å². The van der Waals surface area contributed by atoms with Crippen LogP contribution in [0.1, 0.15) is 73.8 Å². The summed E-state index contributed by atoms with van der Waals surface area (Å²) in [6, 6.07) is 6.44. The molecule has 1 aliphatic heterocycles. The number of aryl methyl sites for hydroxylation is 1. The summed E-state index contributed by atoms with van der Waals surface area (Å²) in [5.74, 6) is 0.103. The highest BCUT2D eigenvalue weighted by atomic mass is 32.1. The zero-order valence-electron chi connectivity index (χ0n) is 22.3. The molecule has 2 fully saturated rings. The van der Waals surface area contributed by atoms with Gasteiger partial charge in [-0.15, -0.1) is 11.3 Å². The van der Waals surface area contributed by atoms with E-state index >= 15 is 0 Å². The highest BCUT2D eigenvalue weighted by Crippen LogP contribution is 2.45. The van der Waals surface area contributed by atoms with Gasteiger partial charge < -0.3 is 18.6 Å². The van der Waals surface area contributed by atoms with E-state index in [1.165, 1.54) is 23.3 Å². The first-order valence-corrected chi connectivity index (χ1v) is 16.8. The summed E-state index contributed by atoms with van der Waals surface area (Å²) >= 11 is 1.50. The number of carbonyl (C=O) groups is 1. The van der Waals surface area contributed by atoms with Gasteiger partial charge in [-0.1, -0.05) is 20.8 Å². The maximum Gasteiger partial charge on any atom is 0.348 e. The van der Waals surface area contributed by atoms with Gasteiger partial charge in [0.2, 0.25) is 0 Å². The van der Waals surface area contributed by atoms with Gasteiger partial charge >= 0.3 is 5.97 Å². The molecule has 2 aliphatic rings. The molecule has 0 aromatic carbocycles. The topological polar surface area (TPSA) is 77.8 Å². The molecule has 196 valence electrons. The maximum absolute atomic E-state index is 11.8. The minimum absolute atomic E-state index is 0.00909. The van der Waals surface area contributed by atoms with Crippen LogP contribution in [0.2, 0.25) is 18.1 Å². The highest BCUT2D eigenvalue weighted by molar-refractivity contribution is 7.13. The first-order valence-electron chi connectivity index (χ1n) is 13.0. The van der Waals surface area contributed by atoms with Crippen LogP contribution in [-0.2, 0) is 25.1 Å². The van der Waals surface area contributed by atoms with Gasteiger partial charge in [-0.05, 0) is 81.1 Å². The average molecular weight is 522 g/mol. The standard InChI is InChI=1S/C27H43NO5SSi/c1-27(2,3)35(5,6)32-18-22-21(11-9-10-20-13-14-24(34-20)26(29)30-4)19(17-28)16-23(22)33-25-12-7-8-15-31-25/h13-14,19,21-23,25H,7-12,15-16,18H2,1-6H3/t19-,21-,22+,23+,25?/m0/s1. The molecular formula is C27H43NO5SSi.